The standard InChI is InChI=1S/C8H8BFO5/c1-15-6-3-4(8(11)12)2-5(10)7(6)9(13)14/h2-3,13-14H,1H3,(H,11,12). The average Bonchev–Trinajstić information content (AvgIpc) is 2.15. The first-order valence-electron chi connectivity index (χ1n) is 3.94. The zero-order valence-corrected chi connectivity index (χ0v) is 7.77. The molecule has 80 valence electrons. The van der Waals surface area contributed by atoms with Crippen molar-refractivity contribution in [3.63, 3.8) is 0 Å². The number of carbonyl (C=O) groups is 1. The van der Waals surface area contributed by atoms with E-state index >= 15 is 0 Å². The predicted octanol–water partition coefficient (Wildman–Crippen LogP) is -0.788. The number of hydrogen-bond acceptors (Lipinski definition) is 4. The van der Waals surface area contributed by atoms with Crippen LogP contribution in [0, 0.1) is 5.82 Å². The van der Waals surface area contributed by atoms with Crippen molar-refractivity contribution in [3.05, 3.63) is 23.5 Å². The van der Waals surface area contributed by atoms with E-state index in [0.29, 0.717) is 6.07 Å². The van der Waals surface area contributed by atoms with Gasteiger partial charge in [-0.05, 0) is 12.1 Å². The summed E-state index contributed by atoms with van der Waals surface area (Å²) in [6.07, 6.45) is 0. The van der Waals surface area contributed by atoms with Crippen LogP contribution in [0.15, 0.2) is 12.1 Å². The first-order chi connectivity index (χ1) is 6.97. The monoisotopic (exact) mass is 214 g/mol. The van der Waals surface area contributed by atoms with Crippen LogP contribution in [-0.4, -0.2) is 35.4 Å². The van der Waals surface area contributed by atoms with E-state index in [-0.39, 0.29) is 11.3 Å². The zero-order chi connectivity index (χ0) is 11.6. The molecule has 0 bridgehead atoms. The van der Waals surface area contributed by atoms with Gasteiger partial charge in [-0.2, -0.15) is 0 Å². The Morgan fingerprint density at radius 2 is 2.07 bits per heavy atom. The van der Waals surface area contributed by atoms with Crippen LogP contribution in [0.2, 0.25) is 0 Å². The van der Waals surface area contributed by atoms with E-state index in [9.17, 15) is 9.18 Å². The highest BCUT2D eigenvalue weighted by atomic mass is 19.1. The molecule has 0 atom stereocenters. The summed E-state index contributed by atoms with van der Waals surface area (Å²) in [6.45, 7) is 0. The molecule has 0 heterocycles. The molecule has 7 heteroatoms. The maximum atomic E-state index is 13.2. The normalized spacial score (nSPS) is 9.87. The SMILES string of the molecule is COc1cc(C(=O)O)cc(F)c1B(O)O. The van der Waals surface area contributed by atoms with Gasteiger partial charge in [-0.3, -0.25) is 0 Å². The van der Waals surface area contributed by atoms with Crippen molar-refractivity contribution in [2.45, 2.75) is 0 Å². The Bertz CT molecular complexity index is 393. The lowest BCUT2D eigenvalue weighted by molar-refractivity contribution is 0.0696. The van der Waals surface area contributed by atoms with E-state index in [1.54, 1.807) is 0 Å². The van der Waals surface area contributed by atoms with Crippen LogP contribution in [0.25, 0.3) is 0 Å². The first kappa shape index (κ1) is 11.5. The quantitative estimate of drug-likeness (QED) is 0.574. The van der Waals surface area contributed by atoms with Crippen molar-refractivity contribution in [3.8, 4) is 5.75 Å². The fourth-order valence-corrected chi connectivity index (χ4v) is 1.14. The molecule has 0 aromatic heterocycles. The molecular weight excluding hydrogens is 206 g/mol. The highest BCUT2D eigenvalue weighted by molar-refractivity contribution is 6.59. The lowest BCUT2D eigenvalue weighted by atomic mass is 9.78. The largest absolute Gasteiger partial charge is 0.497 e. The van der Waals surface area contributed by atoms with Gasteiger partial charge in [0.25, 0.3) is 0 Å². The molecule has 0 amide bonds. The number of carboxylic acids is 1. The molecule has 5 nitrogen and oxygen atoms in total. The van der Waals surface area contributed by atoms with Crippen LogP contribution in [0.3, 0.4) is 0 Å². The van der Waals surface area contributed by atoms with E-state index in [2.05, 4.69) is 4.74 Å². The third-order valence-electron chi connectivity index (χ3n) is 1.82. The number of carboxylic acid groups (broad SMARTS) is 1. The van der Waals surface area contributed by atoms with Crippen molar-refractivity contribution in [1.82, 2.24) is 0 Å². The number of ether oxygens (including phenoxy) is 1. The molecule has 0 aliphatic carbocycles. The molecular formula is C8H8BFO5. The Hall–Kier alpha value is -1.60. The maximum Gasteiger partial charge on any atom is 0.495 e. The van der Waals surface area contributed by atoms with Gasteiger partial charge < -0.3 is 19.9 Å². The van der Waals surface area contributed by atoms with Gasteiger partial charge in [0.1, 0.15) is 11.6 Å². The summed E-state index contributed by atoms with van der Waals surface area (Å²) in [5.41, 5.74) is -0.809. The Labute approximate surface area is 84.9 Å². The minimum Gasteiger partial charge on any atom is -0.497 e. The topological polar surface area (TPSA) is 87.0 Å². The van der Waals surface area contributed by atoms with Crippen LogP contribution in [0.4, 0.5) is 4.39 Å². The summed E-state index contributed by atoms with van der Waals surface area (Å²) in [5, 5.41) is 26.3. The Morgan fingerprint density at radius 1 is 1.47 bits per heavy atom. The highest BCUT2D eigenvalue weighted by Crippen LogP contribution is 2.14. The van der Waals surface area contributed by atoms with Gasteiger partial charge in [-0.15, -0.1) is 0 Å². The molecule has 1 aromatic carbocycles. The molecule has 0 radical (unpaired) electrons. The van der Waals surface area contributed by atoms with Gasteiger partial charge in [0, 0.05) is 0 Å². The van der Waals surface area contributed by atoms with Crippen molar-refractivity contribution < 1.29 is 29.1 Å². The van der Waals surface area contributed by atoms with Crippen molar-refractivity contribution in [2.24, 2.45) is 0 Å². The average molecular weight is 214 g/mol. The zero-order valence-electron chi connectivity index (χ0n) is 7.77. The van der Waals surface area contributed by atoms with Crippen LogP contribution in [0.5, 0.6) is 5.75 Å². The van der Waals surface area contributed by atoms with Crippen LogP contribution < -0.4 is 10.2 Å². The number of halogens is 1. The molecule has 1 aromatic rings. The minimum atomic E-state index is -2.05. The van der Waals surface area contributed by atoms with Crippen LogP contribution in [-0.2, 0) is 0 Å². The minimum absolute atomic E-state index is 0.220. The highest BCUT2D eigenvalue weighted by Gasteiger charge is 2.24. The summed E-state index contributed by atoms with van der Waals surface area (Å²) in [6, 6.07) is 1.71. The van der Waals surface area contributed by atoms with E-state index < -0.39 is 24.4 Å². The second-order valence-electron chi connectivity index (χ2n) is 2.75. The molecule has 0 saturated carbocycles. The molecule has 3 N–H and O–H groups in total. The fourth-order valence-electron chi connectivity index (χ4n) is 1.14. The second-order valence-corrected chi connectivity index (χ2v) is 2.75. The Balaban J connectivity index is 3.37. The maximum absolute atomic E-state index is 13.2. The third-order valence-corrected chi connectivity index (χ3v) is 1.82. The summed E-state index contributed by atoms with van der Waals surface area (Å²) in [4.78, 5) is 10.6. The van der Waals surface area contributed by atoms with Gasteiger partial charge in [0.15, 0.2) is 0 Å². The molecule has 0 fully saturated rings. The van der Waals surface area contributed by atoms with Crippen LogP contribution in [0.1, 0.15) is 10.4 Å². The molecule has 0 spiro atoms. The van der Waals surface area contributed by atoms with Crippen molar-refractivity contribution in [1.29, 1.82) is 0 Å². The summed E-state index contributed by atoms with van der Waals surface area (Å²) in [7, 11) is -0.880. The number of hydrogen-bond donors (Lipinski definition) is 3. The first-order valence-corrected chi connectivity index (χ1v) is 3.94. The predicted molar refractivity (Wildman–Crippen MR) is 49.7 cm³/mol. The second kappa shape index (κ2) is 4.29. The number of methoxy groups -OCH3 is 1. The number of benzene rings is 1. The molecule has 0 aliphatic rings. The van der Waals surface area contributed by atoms with Crippen LogP contribution >= 0.6 is 0 Å². The van der Waals surface area contributed by atoms with Gasteiger partial charge in [-0.25, -0.2) is 9.18 Å². The smallest absolute Gasteiger partial charge is 0.495 e. The summed E-state index contributed by atoms with van der Waals surface area (Å²) < 4.78 is 17.9. The molecule has 1 rings (SSSR count). The molecule has 0 unspecified atom stereocenters. The summed E-state index contributed by atoms with van der Waals surface area (Å²) >= 11 is 0. The summed E-state index contributed by atoms with van der Waals surface area (Å²) in [5.74, 6) is -2.59. The van der Waals surface area contributed by atoms with E-state index in [1.807, 2.05) is 0 Å². The lowest BCUT2D eigenvalue weighted by Gasteiger charge is -2.09. The van der Waals surface area contributed by atoms with Crippen molar-refractivity contribution in [2.75, 3.05) is 7.11 Å². The van der Waals surface area contributed by atoms with Gasteiger partial charge in [-0.1, -0.05) is 0 Å². The van der Waals surface area contributed by atoms with Gasteiger partial charge in [0.2, 0.25) is 0 Å². The van der Waals surface area contributed by atoms with Gasteiger partial charge in [0.05, 0.1) is 18.1 Å². The molecule has 0 saturated heterocycles. The number of rotatable bonds is 3. The number of aromatic carboxylic acids is 1. The molecule has 0 aliphatic heterocycles. The van der Waals surface area contributed by atoms with Crippen molar-refractivity contribution >= 4 is 18.6 Å². The van der Waals surface area contributed by atoms with Gasteiger partial charge >= 0.3 is 13.1 Å². The third kappa shape index (κ3) is 2.25. The lowest BCUT2D eigenvalue weighted by Crippen LogP contribution is -2.34. The molecule has 15 heavy (non-hydrogen) atoms. The van der Waals surface area contributed by atoms with E-state index in [1.165, 1.54) is 7.11 Å². The Kier molecular flexibility index (Phi) is 3.28. The van der Waals surface area contributed by atoms with E-state index in [4.69, 9.17) is 15.2 Å². The Morgan fingerprint density at radius 3 is 2.47 bits per heavy atom. The fraction of sp³-hybridized carbons (Fsp3) is 0.125. The van der Waals surface area contributed by atoms with E-state index in [0.717, 1.165) is 6.07 Å².